The van der Waals surface area contributed by atoms with Crippen LogP contribution < -0.4 is 15.0 Å². The van der Waals surface area contributed by atoms with Crippen LogP contribution >= 0.6 is 11.8 Å². The van der Waals surface area contributed by atoms with Crippen molar-refractivity contribution in [1.29, 1.82) is 0 Å². The van der Waals surface area contributed by atoms with Gasteiger partial charge in [0.15, 0.2) is 0 Å². The minimum atomic E-state index is -0.0781. The molecule has 1 aliphatic carbocycles. The van der Waals surface area contributed by atoms with E-state index in [4.69, 9.17) is 4.74 Å². The van der Waals surface area contributed by atoms with Crippen LogP contribution in [0.25, 0.3) is 6.08 Å². The Morgan fingerprint density at radius 2 is 1.91 bits per heavy atom. The zero-order valence-electron chi connectivity index (χ0n) is 19.1. The van der Waals surface area contributed by atoms with Crippen LogP contribution in [0.3, 0.4) is 0 Å². The van der Waals surface area contributed by atoms with Crippen LogP contribution in [0.15, 0.2) is 52.3 Å². The zero-order chi connectivity index (χ0) is 22.8. The van der Waals surface area contributed by atoms with E-state index in [-0.39, 0.29) is 17.9 Å². The largest absolute Gasteiger partial charge is 0.497 e. The highest BCUT2D eigenvalue weighted by atomic mass is 32.2. The molecule has 2 amide bonds. The average molecular weight is 451 g/mol. The molecule has 0 bridgehead atoms. The topological polar surface area (TPSA) is 58.6 Å². The Labute approximate surface area is 194 Å². The number of fused-ring (bicyclic) bond motifs is 1. The second-order valence-corrected chi connectivity index (χ2v) is 9.86. The summed E-state index contributed by atoms with van der Waals surface area (Å²) in [5, 5.41) is 3.23. The molecule has 1 N–H and O–H groups in total. The van der Waals surface area contributed by atoms with Crippen molar-refractivity contribution >= 4 is 35.3 Å². The number of carbonyl (C=O) groups excluding carboxylic acids is 2. The number of hydrogen-bond acceptors (Lipinski definition) is 4. The molecule has 5 nitrogen and oxygen atoms in total. The van der Waals surface area contributed by atoms with Gasteiger partial charge < -0.3 is 15.0 Å². The van der Waals surface area contributed by atoms with Gasteiger partial charge in [0.25, 0.3) is 11.8 Å². The van der Waals surface area contributed by atoms with Gasteiger partial charge in [0.05, 0.1) is 17.7 Å². The normalized spacial score (nSPS) is 24.2. The Bertz CT molecular complexity index is 1050. The van der Waals surface area contributed by atoms with Gasteiger partial charge in [0.2, 0.25) is 0 Å². The van der Waals surface area contributed by atoms with Crippen molar-refractivity contribution in [1.82, 2.24) is 5.32 Å². The minimum absolute atomic E-state index is 0.0656. The first kappa shape index (κ1) is 22.5. The van der Waals surface area contributed by atoms with Crippen molar-refractivity contribution in [3.63, 3.8) is 0 Å². The van der Waals surface area contributed by atoms with Gasteiger partial charge in [-0.2, -0.15) is 0 Å². The highest BCUT2D eigenvalue weighted by Crippen LogP contribution is 2.42. The molecule has 0 saturated heterocycles. The molecule has 3 atom stereocenters. The predicted molar refractivity (Wildman–Crippen MR) is 130 cm³/mol. The van der Waals surface area contributed by atoms with Crippen LogP contribution in [0.1, 0.15) is 49.0 Å². The van der Waals surface area contributed by atoms with Gasteiger partial charge >= 0.3 is 0 Å². The number of nitrogens with zero attached hydrogens (tertiary/aromatic N) is 1. The maximum absolute atomic E-state index is 13.0. The van der Waals surface area contributed by atoms with E-state index in [1.54, 1.807) is 19.1 Å². The summed E-state index contributed by atoms with van der Waals surface area (Å²) in [7, 11) is 3.39. The second-order valence-electron chi connectivity index (χ2n) is 8.78. The Balaban J connectivity index is 1.53. The predicted octanol–water partition coefficient (Wildman–Crippen LogP) is 5.36. The standard InChI is InChI=1S/C26H30N2O3S/c1-16-6-5-7-21(17(16)2)27-25(29)19-10-13-23-22(15-19)28(3)26(30)24(32-23)14-18-8-11-20(31-4)12-9-18/h8-17,21H,5-7H2,1-4H3,(H,27,29)/b24-14-/t16-,17+,21-/m1/s1. The van der Waals surface area contributed by atoms with Crippen LogP contribution in [0.5, 0.6) is 5.75 Å². The van der Waals surface area contributed by atoms with Gasteiger partial charge in [-0.1, -0.05) is 50.6 Å². The number of rotatable bonds is 4. The van der Waals surface area contributed by atoms with Gasteiger partial charge in [-0.05, 0) is 60.2 Å². The van der Waals surface area contributed by atoms with E-state index in [1.807, 2.05) is 48.5 Å². The first-order valence-electron chi connectivity index (χ1n) is 11.1. The molecule has 32 heavy (non-hydrogen) atoms. The van der Waals surface area contributed by atoms with E-state index < -0.39 is 0 Å². The van der Waals surface area contributed by atoms with E-state index in [9.17, 15) is 9.59 Å². The van der Waals surface area contributed by atoms with E-state index in [0.717, 1.165) is 34.7 Å². The summed E-state index contributed by atoms with van der Waals surface area (Å²) in [6, 6.07) is 13.4. The van der Waals surface area contributed by atoms with E-state index in [0.29, 0.717) is 22.3 Å². The molecule has 6 heteroatoms. The lowest BCUT2D eigenvalue weighted by atomic mass is 9.78. The molecule has 1 aliphatic heterocycles. The third kappa shape index (κ3) is 4.56. The van der Waals surface area contributed by atoms with Crippen LogP contribution in [-0.4, -0.2) is 32.0 Å². The van der Waals surface area contributed by atoms with E-state index in [2.05, 4.69) is 19.2 Å². The molecule has 168 valence electrons. The maximum Gasteiger partial charge on any atom is 0.264 e. The van der Waals surface area contributed by atoms with Gasteiger partial charge in [-0.15, -0.1) is 0 Å². The average Bonchev–Trinajstić information content (AvgIpc) is 2.80. The third-order valence-corrected chi connectivity index (χ3v) is 7.83. The first-order chi connectivity index (χ1) is 15.4. The fourth-order valence-electron chi connectivity index (χ4n) is 4.42. The monoisotopic (exact) mass is 450 g/mol. The van der Waals surface area contributed by atoms with Crippen LogP contribution in [0.4, 0.5) is 5.69 Å². The number of anilines is 1. The molecule has 0 radical (unpaired) electrons. The fraction of sp³-hybridized carbons (Fsp3) is 0.385. The molecular formula is C26H30N2O3S. The smallest absolute Gasteiger partial charge is 0.264 e. The van der Waals surface area contributed by atoms with Crippen molar-refractivity contribution < 1.29 is 14.3 Å². The number of benzene rings is 2. The summed E-state index contributed by atoms with van der Waals surface area (Å²) in [6.45, 7) is 4.48. The zero-order valence-corrected chi connectivity index (χ0v) is 19.9. The molecule has 0 spiro atoms. The molecule has 4 rings (SSSR count). The number of likely N-dealkylation sites (N-methyl/N-ethyl adjacent to an activating group) is 1. The van der Waals surface area contributed by atoms with E-state index >= 15 is 0 Å². The molecule has 1 saturated carbocycles. The highest BCUT2D eigenvalue weighted by molar-refractivity contribution is 8.04. The maximum atomic E-state index is 13.0. The summed E-state index contributed by atoms with van der Waals surface area (Å²) in [6.07, 6.45) is 5.29. The fourth-order valence-corrected chi connectivity index (χ4v) is 5.52. The first-order valence-corrected chi connectivity index (χ1v) is 12.0. The van der Waals surface area contributed by atoms with Crippen molar-refractivity contribution in [3.8, 4) is 5.75 Å². The van der Waals surface area contributed by atoms with Crippen molar-refractivity contribution in [2.24, 2.45) is 11.8 Å². The summed E-state index contributed by atoms with van der Waals surface area (Å²) in [4.78, 5) is 29.2. The number of ether oxygens (including phenoxy) is 1. The summed E-state index contributed by atoms with van der Waals surface area (Å²) in [5.74, 6) is 1.72. The molecule has 2 aromatic carbocycles. The Morgan fingerprint density at radius 3 is 2.62 bits per heavy atom. The summed E-state index contributed by atoms with van der Waals surface area (Å²) >= 11 is 1.44. The number of carbonyl (C=O) groups is 2. The van der Waals surface area contributed by atoms with Crippen molar-refractivity contribution in [2.75, 3.05) is 19.1 Å². The van der Waals surface area contributed by atoms with Gasteiger partial charge in [0, 0.05) is 23.5 Å². The Morgan fingerprint density at radius 1 is 1.16 bits per heavy atom. The van der Waals surface area contributed by atoms with Gasteiger partial charge in [0.1, 0.15) is 5.75 Å². The summed E-state index contributed by atoms with van der Waals surface area (Å²) in [5.41, 5.74) is 2.30. The lowest BCUT2D eigenvalue weighted by molar-refractivity contribution is -0.114. The van der Waals surface area contributed by atoms with Crippen molar-refractivity contribution in [3.05, 3.63) is 58.5 Å². The van der Waals surface area contributed by atoms with Gasteiger partial charge in [-0.3, -0.25) is 9.59 Å². The quantitative estimate of drug-likeness (QED) is 0.637. The highest BCUT2D eigenvalue weighted by Gasteiger charge is 2.30. The number of thioether (sulfide) groups is 1. The molecular weight excluding hydrogens is 420 g/mol. The van der Waals surface area contributed by atoms with Gasteiger partial charge in [-0.25, -0.2) is 0 Å². The van der Waals surface area contributed by atoms with Crippen LogP contribution in [0, 0.1) is 11.8 Å². The second kappa shape index (κ2) is 9.41. The molecule has 2 aromatic rings. The lowest BCUT2D eigenvalue weighted by Crippen LogP contribution is -2.43. The Kier molecular flexibility index (Phi) is 6.60. The van der Waals surface area contributed by atoms with Crippen LogP contribution in [0.2, 0.25) is 0 Å². The number of hydrogen-bond donors (Lipinski definition) is 1. The van der Waals surface area contributed by atoms with Crippen LogP contribution in [-0.2, 0) is 4.79 Å². The van der Waals surface area contributed by atoms with E-state index in [1.165, 1.54) is 18.2 Å². The third-order valence-electron chi connectivity index (χ3n) is 6.75. The van der Waals surface area contributed by atoms with Crippen molar-refractivity contribution in [2.45, 2.75) is 44.0 Å². The molecule has 0 aromatic heterocycles. The molecule has 2 aliphatic rings. The summed E-state index contributed by atoms with van der Waals surface area (Å²) < 4.78 is 5.20. The SMILES string of the molecule is COc1ccc(/C=C2\Sc3ccc(C(=O)N[C@@H]4CCC[C@@H](C)[C@@H]4C)cc3N(C)C2=O)cc1. The Hall–Kier alpha value is -2.73. The lowest BCUT2D eigenvalue weighted by Gasteiger charge is -2.34. The number of nitrogens with one attached hydrogen (secondary N) is 1. The number of amides is 2. The minimum Gasteiger partial charge on any atom is -0.497 e. The molecule has 1 fully saturated rings. The molecule has 1 heterocycles. The molecule has 0 unspecified atom stereocenters. The number of methoxy groups -OCH3 is 1.